The summed E-state index contributed by atoms with van der Waals surface area (Å²) >= 11 is 1.51. The van der Waals surface area contributed by atoms with E-state index in [1.807, 2.05) is 48.8 Å². The van der Waals surface area contributed by atoms with Crippen molar-refractivity contribution in [2.75, 3.05) is 37.4 Å². The smallest absolute Gasteiger partial charge is 0.252 e. The average molecular weight is 305 g/mol. The predicted molar refractivity (Wildman–Crippen MR) is 86.2 cm³/mol. The minimum Gasteiger partial charge on any atom is -0.368 e. The maximum Gasteiger partial charge on any atom is 0.252 e. The van der Waals surface area contributed by atoms with Crippen LogP contribution in [0.3, 0.4) is 0 Å². The van der Waals surface area contributed by atoms with Gasteiger partial charge in [-0.1, -0.05) is 0 Å². The van der Waals surface area contributed by atoms with Gasteiger partial charge in [-0.05, 0) is 18.4 Å². The van der Waals surface area contributed by atoms with E-state index in [0.717, 1.165) is 11.6 Å². The largest absolute Gasteiger partial charge is 0.368 e. The van der Waals surface area contributed by atoms with E-state index in [0.29, 0.717) is 24.5 Å². The van der Waals surface area contributed by atoms with Gasteiger partial charge in [-0.3, -0.25) is 4.79 Å². The zero-order chi connectivity index (χ0) is 15.2. The molecule has 2 aromatic heterocycles. The molecule has 0 aliphatic heterocycles. The summed E-state index contributed by atoms with van der Waals surface area (Å²) in [5.41, 5.74) is 0.702. The van der Waals surface area contributed by atoms with Crippen LogP contribution < -0.4 is 15.5 Å². The van der Waals surface area contributed by atoms with Crippen molar-refractivity contribution < 1.29 is 4.79 Å². The van der Waals surface area contributed by atoms with Crippen LogP contribution >= 0.6 is 11.3 Å². The van der Waals surface area contributed by atoms with Crippen molar-refractivity contribution >= 4 is 28.9 Å². The molecule has 0 bridgehead atoms. The molecule has 0 radical (unpaired) electrons. The van der Waals surface area contributed by atoms with Crippen molar-refractivity contribution in [1.82, 2.24) is 15.3 Å². The molecule has 0 fully saturated rings. The Balaban J connectivity index is 1.82. The summed E-state index contributed by atoms with van der Waals surface area (Å²) in [7, 11) is 3.87. The molecule has 112 valence electrons. The molecular formula is C14H19N5OS. The molecule has 0 aromatic carbocycles. The zero-order valence-corrected chi connectivity index (χ0v) is 13.2. The highest BCUT2D eigenvalue weighted by Crippen LogP contribution is 2.12. The fourth-order valence-corrected chi connectivity index (χ4v) is 2.37. The van der Waals surface area contributed by atoms with Gasteiger partial charge < -0.3 is 15.5 Å². The molecule has 0 saturated heterocycles. The highest BCUT2D eigenvalue weighted by molar-refractivity contribution is 7.08. The Morgan fingerprint density at radius 3 is 2.81 bits per heavy atom. The lowest BCUT2D eigenvalue weighted by Crippen LogP contribution is -2.28. The van der Waals surface area contributed by atoms with Crippen molar-refractivity contribution in [3.8, 4) is 0 Å². The van der Waals surface area contributed by atoms with Crippen LogP contribution in [0.1, 0.15) is 16.2 Å². The SMILES string of the molecule is Cc1nc(NCCNC(=O)c2ccsc2)cc(N(C)C)n1. The summed E-state index contributed by atoms with van der Waals surface area (Å²) in [5.74, 6) is 2.28. The van der Waals surface area contributed by atoms with Crippen LogP contribution in [-0.2, 0) is 0 Å². The Morgan fingerprint density at radius 2 is 2.14 bits per heavy atom. The van der Waals surface area contributed by atoms with Crippen LogP contribution in [-0.4, -0.2) is 43.1 Å². The van der Waals surface area contributed by atoms with E-state index in [-0.39, 0.29) is 5.91 Å². The minimum atomic E-state index is -0.0501. The molecule has 2 heterocycles. The number of carbonyl (C=O) groups excluding carboxylic acids is 1. The van der Waals surface area contributed by atoms with Gasteiger partial charge in [-0.15, -0.1) is 0 Å². The third-order valence-corrected chi connectivity index (χ3v) is 3.47. The molecule has 0 unspecified atom stereocenters. The number of rotatable bonds is 6. The van der Waals surface area contributed by atoms with Gasteiger partial charge in [0.05, 0.1) is 0 Å². The van der Waals surface area contributed by atoms with Crippen molar-refractivity contribution in [1.29, 1.82) is 0 Å². The summed E-state index contributed by atoms with van der Waals surface area (Å²) < 4.78 is 0. The van der Waals surface area contributed by atoms with Crippen molar-refractivity contribution in [2.45, 2.75) is 6.92 Å². The Bertz CT molecular complexity index is 597. The maximum atomic E-state index is 11.8. The molecule has 1 amide bonds. The third kappa shape index (κ3) is 4.42. The van der Waals surface area contributed by atoms with Crippen LogP contribution in [0, 0.1) is 6.92 Å². The first-order valence-electron chi connectivity index (χ1n) is 6.63. The fraction of sp³-hybridized carbons (Fsp3) is 0.357. The van der Waals surface area contributed by atoms with Crippen molar-refractivity contribution in [2.24, 2.45) is 0 Å². The van der Waals surface area contributed by atoms with E-state index in [4.69, 9.17) is 0 Å². The van der Waals surface area contributed by atoms with E-state index in [2.05, 4.69) is 20.6 Å². The normalized spacial score (nSPS) is 10.2. The second kappa shape index (κ2) is 7.03. The first-order chi connectivity index (χ1) is 10.1. The first kappa shape index (κ1) is 15.2. The minimum absolute atomic E-state index is 0.0501. The number of aromatic nitrogens is 2. The second-order valence-corrected chi connectivity index (χ2v) is 5.53. The fourth-order valence-electron chi connectivity index (χ4n) is 1.73. The lowest BCUT2D eigenvalue weighted by Gasteiger charge is -2.14. The number of nitrogens with one attached hydrogen (secondary N) is 2. The topological polar surface area (TPSA) is 70.2 Å². The molecule has 6 nitrogen and oxygen atoms in total. The quantitative estimate of drug-likeness (QED) is 0.796. The molecule has 2 N–H and O–H groups in total. The zero-order valence-electron chi connectivity index (χ0n) is 12.4. The van der Waals surface area contributed by atoms with Crippen LogP contribution in [0.15, 0.2) is 22.9 Å². The molecular weight excluding hydrogens is 286 g/mol. The number of aryl methyl sites for hydroxylation is 1. The number of anilines is 2. The van der Waals surface area contributed by atoms with Gasteiger partial charge >= 0.3 is 0 Å². The number of hydrogen-bond donors (Lipinski definition) is 2. The van der Waals surface area contributed by atoms with Gasteiger partial charge in [-0.2, -0.15) is 11.3 Å². The molecule has 0 aliphatic rings. The van der Waals surface area contributed by atoms with Crippen molar-refractivity contribution in [3.05, 3.63) is 34.3 Å². The van der Waals surface area contributed by atoms with Gasteiger partial charge in [0, 0.05) is 44.2 Å². The number of carbonyl (C=O) groups is 1. The summed E-state index contributed by atoms with van der Waals surface area (Å²) in [4.78, 5) is 22.3. The molecule has 0 aliphatic carbocycles. The van der Waals surface area contributed by atoms with Gasteiger partial charge in [-0.25, -0.2) is 9.97 Å². The maximum absolute atomic E-state index is 11.8. The second-order valence-electron chi connectivity index (χ2n) is 4.75. The average Bonchev–Trinajstić information content (AvgIpc) is 2.97. The van der Waals surface area contributed by atoms with E-state index >= 15 is 0 Å². The van der Waals surface area contributed by atoms with E-state index in [9.17, 15) is 4.79 Å². The summed E-state index contributed by atoms with van der Waals surface area (Å²) in [6, 6.07) is 3.69. The monoisotopic (exact) mass is 305 g/mol. The highest BCUT2D eigenvalue weighted by Gasteiger charge is 2.05. The van der Waals surface area contributed by atoms with Gasteiger partial charge in [0.2, 0.25) is 0 Å². The van der Waals surface area contributed by atoms with Crippen LogP contribution in [0.5, 0.6) is 0 Å². The molecule has 0 saturated carbocycles. The molecule has 21 heavy (non-hydrogen) atoms. The Morgan fingerprint density at radius 1 is 1.33 bits per heavy atom. The molecule has 0 atom stereocenters. The van der Waals surface area contributed by atoms with Gasteiger partial charge in [0.1, 0.15) is 17.5 Å². The lowest BCUT2D eigenvalue weighted by atomic mass is 10.3. The molecule has 0 spiro atoms. The van der Waals surface area contributed by atoms with Gasteiger partial charge in [0.25, 0.3) is 5.91 Å². The third-order valence-electron chi connectivity index (χ3n) is 2.78. The summed E-state index contributed by atoms with van der Waals surface area (Å²) in [5, 5.41) is 9.77. The van der Waals surface area contributed by atoms with E-state index in [1.54, 1.807) is 0 Å². The van der Waals surface area contributed by atoms with Crippen LogP contribution in [0.2, 0.25) is 0 Å². The Kier molecular flexibility index (Phi) is 5.10. The Hall–Kier alpha value is -2.15. The molecule has 2 rings (SSSR count). The van der Waals surface area contributed by atoms with Crippen LogP contribution in [0.25, 0.3) is 0 Å². The highest BCUT2D eigenvalue weighted by atomic mass is 32.1. The Labute approximate surface area is 128 Å². The first-order valence-corrected chi connectivity index (χ1v) is 7.58. The predicted octanol–water partition coefficient (Wildman–Crippen LogP) is 1.75. The number of nitrogens with zero attached hydrogens (tertiary/aromatic N) is 3. The van der Waals surface area contributed by atoms with E-state index < -0.39 is 0 Å². The van der Waals surface area contributed by atoms with E-state index in [1.165, 1.54) is 11.3 Å². The number of amides is 1. The summed E-state index contributed by atoms with van der Waals surface area (Å²) in [6.07, 6.45) is 0. The standard InChI is InChI=1S/C14H19N5OS/c1-10-17-12(8-13(18-10)19(2)3)15-5-6-16-14(20)11-4-7-21-9-11/h4,7-9H,5-6H2,1-3H3,(H,16,20)(H,15,17,18). The van der Waals surface area contributed by atoms with Gasteiger partial charge in [0.15, 0.2) is 0 Å². The molecule has 2 aromatic rings. The van der Waals surface area contributed by atoms with Crippen LogP contribution in [0.4, 0.5) is 11.6 Å². The molecule has 7 heteroatoms. The lowest BCUT2D eigenvalue weighted by molar-refractivity contribution is 0.0955. The summed E-state index contributed by atoms with van der Waals surface area (Å²) in [6.45, 7) is 3.00. The number of thiophene rings is 1. The van der Waals surface area contributed by atoms with Crippen molar-refractivity contribution in [3.63, 3.8) is 0 Å². The number of hydrogen-bond acceptors (Lipinski definition) is 6.